The number of nitrogens with one attached hydrogen (secondary N) is 1. The predicted octanol–water partition coefficient (Wildman–Crippen LogP) is 2.33. The second-order valence-corrected chi connectivity index (χ2v) is 6.69. The Bertz CT molecular complexity index is 571. The van der Waals surface area contributed by atoms with Crippen LogP contribution in [0, 0.1) is 0 Å². The van der Waals surface area contributed by atoms with Crippen molar-refractivity contribution in [1.82, 2.24) is 5.32 Å². The maximum atomic E-state index is 12.2. The summed E-state index contributed by atoms with van der Waals surface area (Å²) in [4.78, 5) is 35.0. The summed E-state index contributed by atoms with van der Waals surface area (Å²) in [6.07, 6.45) is 0.870. The molecule has 0 spiro atoms. The highest BCUT2D eigenvalue weighted by Gasteiger charge is 2.20. The molecule has 1 rings (SSSR count). The third-order valence-electron chi connectivity index (χ3n) is 3.77. The minimum Gasteiger partial charge on any atom is -0.368 e. The summed E-state index contributed by atoms with van der Waals surface area (Å²) in [7, 11) is 0. The number of carbonyl (C=O) groups excluding carboxylic acids is 3. The van der Waals surface area contributed by atoms with Crippen LogP contribution < -0.4 is 11.1 Å². The van der Waals surface area contributed by atoms with Crippen LogP contribution >= 0.6 is 0 Å². The molecular formula is C18H26N2O3. The standard InChI is InChI=1S/C18H26N2O3/c1-5-14(21)10-11-15(16(19)22)20-17(23)12-6-8-13(9-7-12)18(2,3)4/h6-9,15H,5,10-11H2,1-4H3,(H2,19,22)(H,20,23)/t15-/m1/s1. The first-order valence-electron chi connectivity index (χ1n) is 7.87. The molecule has 0 heterocycles. The Morgan fingerprint density at radius 2 is 1.70 bits per heavy atom. The van der Waals surface area contributed by atoms with Crippen LogP contribution in [0.25, 0.3) is 0 Å². The highest BCUT2D eigenvalue weighted by Crippen LogP contribution is 2.22. The maximum Gasteiger partial charge on any atom is 0.251 e. The molecule has 0 aliphatic rings. The average molecular weight is 318 g/mol. The normalized spacial score (nSPS) is 12.5. The molecule has 2 amide bonds. The van der Waals surface area contributed by atoms with Crippen molar-refractivity contribution in [3.8, 4) is 0 Å². The van der Waals surface area contributed by atoms with E-state index in [2.05, 4.69) is 26.1 Å². The van der Waals surface area contributed by atoms with E-state index in [1.807, 2.05) is 12.1 Å². The third-order valence-corrected chi connectivity index (χ3v) is 3.77. The molecular weight excluding hydrogens is 292 g/mol. The Hall–Kier alpha value is -2.17. The van der Waals surface area contributed by atoms with Crippen LogP contribution in [0.4, 0.5) is 0 Å². The van der Waals surface area contributed by atoms with E-state index in [4.69, 9.17) is 5.73 Å². The SMILES string of the molecule is CCC(=O)CC[C@@H](NC(=O)c1ccc(C(C)(C)C)cc1)C(N)=O. The van der Waals surface area contributed by atoms with Gasteiger partial charge >= 0.3 is 0 Å². The van der Waals surface area contributed by atoms with E-state index < -0.39 is 11.9 Å². The monoisotopic (exact) mass is 318 g/mol. The number of carbonyl (C=O) groups is 3. The van der Waals surface area contributed by atoms with Gasteiger partial charge in [0.1, 0.15) is 11.8 Å². The topological polar surface area (TPSA) is 89.3 Å². The minimum atomic E-state index is -0.833. The van der Waals surface area contributed by atoms with E-state index in [1.165, 1.54) is 0 Å². The van der Waals surface area contributed by atoms with Gasteiger partial charge in [0, 0.05) is 18.4 Å². The van der Waals surface area contributed by atoms with Crippen LogP contribution in [0.5, 0.6) is 0 Å². The van der Waals surface area contributed by atoms with E-state index in [1.54, 1.807) is 19.1 Å². The van der Waals surface area contributed by atoms with Gasteiger partial charge in [0.15, 0.2) is 0 Å². The van der Waals surface area contributed by atoms with Crippen molar-refractivity contribution < 1.29 is 14.4 Å². The molecule has 23 heavy (non-hydrogen) atoms. The molecule has 5 heteroatoms. The van der Waals surface area contributed by atoms with Crippen molar-refractivity contribution in [3.05, 3.63) is 35.4 Å². The summed E-state index contributed by atoms with van der Waals surface area (Å²) in [5.41, 5.74) is 6.90. The van der Waals surface area contributed by atoms with Gasteiger partial charge in [-0.15, -0.1) is 0 Å². The summed E-state index contributed by atoms with van der Waals surface area (Å²) in [5.74, 6) is -0.952. The number of hydrogen-bond acceptors (Lipinski definition) is 3. The summed E-state index contributed by atoms with van der Waals surface area (Å²) in [5, 5.41) is 2.60. The van der Waals surface area contributed by atoms with Crippen LogP contribution in [-0.4, -0.2) is 23.6 Å². The smallest absolute Gasteiger partial charge is 0.251 e. The van der Waals surface area contributed by atoms with Crippen molar-refractivity contribution in [2.75, 3.05) is 0 Å². The van der Waals surface area contributed by atoms with Gasteiger partial charge in [-0.3, -0.25) is 14.4 Å². The lowest BCUT2D eigenvalue weighted by molar-refractivity contribution is -0.121. The fourth-order valence-electron chi connectivity index (χ4n) is 2.13. The van der Waals surface area contributed by atoms with Gasteiger partial charge in [-0.25, -0.2) is 0 Å². The number of nitrogens with two attached hydrogens (primary N) is 1. The summed E-state index contributed by atoms with van der Waals surface area (Å²) >= 11 is 0. The summed E-state index contributed by atoms with van der Waals surface area (Å²) in [6, 6.07) is 6.42. The molecule has 1 aromatic rings. The summed E-state index contributed by atoms with van der Waals surface area (Å²) < 4.78 is 0. The van der Waals surface area contributed by atoms with Gasteiger partial charge in [-0.05, 0) is 29.5 Å². The number of primary amides is 1. The minimum absolute atomic E-state index is 0.00524. The van der Waals surface area contributed by atoms with Gasteiger partial charge in [-0.2, -0.15) is 0 Å². The Morgan fingerprint density at radius 1 is 1.13 bits per heavy atom. The Labute approximate surface area is 137 Å². The van der Waals surface area contributed by atoms with Crippen LogP contribution in [-0.2, 0) is 15.0 Å². The zero-order chi connectivity index (χ0) is 17.6. The van der Waals surface area contributed by atoms with Gasteiger partial charge in [0.05, 0.1) is 0 Å². The maximum absolute atomic E-state index is 12.2. The van der Waals surface area contributed by atoms with Crippen molar-refractivity contribution in [2.45, 2.75) is 58.4 Å². The third kappa shape index (κ3) is 5.85. The fourth-order valence-corrected chi connectivity index (χ4v) is 2.13. The number of ketones is 1. The zero-order valence-corrected chi connectivity index (χ0v) is 14.3. The van der Waals surface area contributed by atoms with E-state index in [9.17, 15) is 14.4 Å². The highest BCUT2D eigenvalue weighted by atomic mass is 16.2. The van der Waals surface area contributed by atoms with Gasteiger partial charge < -0.3 is 11.1 Å². The molecule has 5 nitrogen and oxygen atoms in total. The molecule has 0 aliphatic carbocycles. The molecule has 1 aromatic carbocycles. The number of Topliss-reactive ketones (excluding diaryl/α,β-unsaturated/α-hetero) is 1. The van der Waals surface area contributed by atoms with Gasteiger partial charge in [-0.1, -0.05) is 39.8 Å². The van der Waals surface area contributed by atoms with Crippen molar-refractivity contribution in [3.63, 3.8) is 0 Å². The molecule has 126 valence electrons. The van der Waals surface area contributed by atoms with E-state index in [0.717, 1.165) is 5.56 Å². The first kappa shape index (κ1) is 18.9. The van der Waals surface area contributed by atoms with E-state index in [0.29, 0.717) is 12.0 Å². The molecule has 0 saturated heterocycles. The van der Waals surface area contributed by atoms with Crippen molar-refractivity contribution >= 4 is 17.6 Å². The molecule has 0 fully saturated rings. The molecule has 3 N–H and O–H groups in total. The number of benzene rings is 1. The molecule has 1 atom stereocenters. The van der Waals surface area contributed by atoms with Gasteiger partial charge in [0.2, 0.25) is 5.91 Å². The second kappa shape index (κ2) is 7.90. The molecule has 0 saturated carbocycles. The fraction of sp³-hybridized carbons (Fsp3) is 0.500. The van der Waals surface area contributed by atoms with Crippen LogP contribution in [0.15, 0.2) is 24.3 Å². The lowest BCUT2D eigenvalue weighted by Crippen LogP contribution is -2.44. The first-order chi connectivity index (χ1) is 10.6. The largest absolute Gasteiger partial charge is 0.368 e. The molecule has 0 unspecified atom stereocenters. The number of amides is 2. The van der Waals surface area contributed by atoms with Crippen LogP contribution in [0.1, 0.15) is 62.9 Å². The van der Waals surface area contributed by atoms with E-state index in [-0.39, 0.29) is 29.9 Å². The zero-order valence-electron chi connectivity index (χ0n) is 14.3. The lowest BCUT2D eigenvalue weighted by atomic mass is 9.86. The second-order valence-electron chi connectivity index (χ2n) is 6.69. The van der Waals surface area contributed by atoms with Gasteiger partial charge in [0.25, 0.3) is 5.91 Å². The first-order valence-corrected chi connectivity index (χ1v) is 7.87. The van der Waals surface area contributed by atoms with Crippen LogP contribution in [0.3, 0.4) is 0 Å². The molecule has 0 aromatic heterocycles. The highest BCUT2D eigenvalue weighted by molar-refractivity contribution is 5.97. The number of hydrogen-bond donors (Lipinski definition) is 2. The van der Waals surface area contributed by atoms with Crippen molar-refractivity contribution in [1.29, 1.82) is 0 Å². The average Bonchev–Trinajstić information content (AvgIpc) is 2.49. The van der Waals surface area contributed by atoms with E-state index >= 15 is 0 Å². The molecule has 0 aliphatic heterocycles. The Morgan fingerprint density at radius 3 is 2.13 bits per heavy atom. The lowest BCUT2D eigenvalue weighted by Gasteiger charge is -2.19. The molecule has 0 bridgehead atoms. The summed E-state index contributed by atoms with van der Waals surface area (Å²) in [6.45, 7) is 8.04. The van der Waals surface area contributed by atoms with Crippen LogP contribution in [0.2, 0.25) is 0 Å². The predicted molar refractivity (Wildman–Crippen MR) is 90.1 cm³/mol. The Balaban J connectivity index is 2.75. The number of rotatable bonds is 7. The van der Waals surface area contributed by atoms with Crippen molar-refractivity contribution in [2.24, 2.45) is 5.73 Å². The Kier molecular flexibility index (Phi) is 6.49. The molecule has 0 radical (unpaired) electrons. The quantitative estimate of drug-likeness (QED) is 0.808.